The van der Waals surface area contributed by atoms with E-state index in [0.29, 0.717) is 6.42 Å². The Labute approximate surface area is 94.5 Å². The Hall–Kier alpha value is -1.83. The molecule has 0 unspecified atom stereocenters. The smallest absolute Gasteiger partial charge is 0.227 e. The van der Waals surface area contributed by atoms with E-state index in [2.05, 4.69) is 24.3 Å². The number of hydrogen-bond donors (Lipinski definition) is 0. The Morgan fingerprint density at radius 3 is 2.56 bits per heavy atom. The Morgan fingerprint density at radius 2 is 1.81 bits per heavy atom. The number of carbonyl (C=O) groups is 1. The lowest BCUT2D eigenvalue weighted by atomic mass is 10.1. The van der Waals surface area contributed by atoms with Gasteiger partial charge in [-0.15, -0.1) is 0 Å². The van der Waals surface area contributed by atoms with Crippen molar-refractivity contribution in [3.05, 3.63) is 42.5 Å². The van der Waals surface area contributed by atoms with Crippen molar-refractivity contribution in [2.75, 3.05) is 11.4 Å². The molecular formula is C14H13NO. The monoisotopic (exact) mass is 211 g/mol. The molecule has 1 amide bonds. The highest BCUT2D eigenvalue weighted by Gasteiger charge is 2.21. The molecule has 1 fully saturated rings. The van der Waals surface area contributed by atoms with Crippen LogP contribution in [0.4, 0.5) is 5.69 Å². The van der Waals surface area contributed by atoms with Gasteiger partial charge in [-0.3, -0.25) is 4.79 Å². The SMILES string of the molecule is O=C1CCCN1c1ccc2ccccc2c1. The number of fused-ring (bicyclic) bond motifs is 1. The number of nitrogens with zero attached hydrogens (tertiary/aromatic N) is 1. The molecule has 0 saturated carbocycles. The van der Waals surface area contributed by atoms with Gasteiger partial charge in [0, 0.05) is 18.7 Å². The fourth-order valence-electron chi connectivity index (χ4n) is 2.27. The van der Waals surface area contributed by atoms with E-state index < -0.39 is 0 Å². The number of anilines is 1. The summed E-state index contributed by atoms with van der Waals surface area (Å²) in [6.07, 6.45) is 1.67. The first-order valence-electron chi connectivity index (χ1n) is 5.64. The Kier molecular flexibility index (Phi) is 2.13. The van der Waals surface area contributed by atoms with Gasteiger partial charge in [0.15, 0.2) is 0 Å². The lowest BCUT2D eigenvalue weighted by Crippen LogP contribution is -2.23. The van der Waals surface area contributed by atoms with Crippen LogP contribution in [0.2, 0.25) is 0 Å². The maximum atomic E-state index is 11.6. The molecule has 0 atom stereocenters. The Bertz CT molecular complexity index is 547. The summed E-state index contributed by atoms with van der Waals surface area (Å²) in [6.45, 7) is 0.858. The van der Waals surface area contributed by atoms with E-state index in [4.69, 9.17) is 0 Å². The molecule has 16 heavy (non-hydrogen) atoms. The molecule has 0 bridgehead atoms. The minimum atomic E-state index is 0.246. The summed E-state index contributed by atoms with van der Waals surface area (Å²) >= 11 is 0. The molecule has 1 aliphatic heterocycles. The van der Waals surface area contributed by atoms with Gasteiger partial charge in [-0.2, -0.15) is 0 Å². The zero-order valence-corrected chi connectivity index (χ0v) is 9.02. The fraction of sp³-hybridized carbons (Fsp3) is 0.214. The maximum absolute atomic E-state index is 11.6. The maximum Gasteiger partial charge on any atom is 0.227 e. The molecule has 0 N–H and O–H groups in total. The van der Waals surface area contributed by atoms with Gasteiger partial charge in [-0.1, -0.05) is 30.3 Å². The first kappa shape index (κ1) is 9.40. The molecule has 80 valence electrons. The van der Waals surface area contributed by atoms with Crippen molar-refractivity contribution in [2.45, 2.75) is 12.8 Å². The van der Waals surface area contributed by atoms with E-state index in [1.165, 1.54) is 10.8 Å². The van der Waals surface area contributed by atoms with E-state index in [9.17, 15) is 4.79 Å². The van der Waals surface area contributed by atoms with Gasteiger partial charge in [0.2, 0.25) is 5.91 Å². The molecule has 1 aliphatic rings. The molecule has 0 aromatic heterocycles. The van der Waals surface area contributed by atoms with E-state index >= 15 is 0 Å². The van der Waals surface area contributed by atoms with Gasteiger partial charge in [-0.25, -0.2) is 0 Å². The summed E-state index contributed by atoms with van der Waals surface area (Å²) in [5, 5.41) is 2.41. The average Bonchev–Trinajstić information content (AvgIpc) is 2.75. The summed E-state index contributed by atoms with van der Waals surface area (Å²) < 4.78 is 0. The molecule has 0 radical (unpaired) electrons. The van der Waals surface area contributed by atoms with Crippen LogP contribution in [-0.4, -0.2) is 12.5 Å². The number of carbonyl (C=O) groups excluding carboxylic acids is 1. The van der Waals surface area contributed by atoms with Crippen molar-refractivity contribution in [3.63, 3.8) is 0 Å². The number of amides is 1. The van der Waals surface area contributed by atoms with Crippen LogP contribution in [0.15, 0.2) is 42.5 Å². The van der Waals surface area contributed by atoms with Gasteiger partial charge < -0.3 is 4.90 Å². The molecule has 2 aromatic rings. The Morgan fingerprint density at radius 1 is 1.00 bits per heavy atom. The minimum Gasteiger partial charge on any atom is -0.312 e. The molecule has 1 heterocycles. The number of rotatable bonds is 1. The highest BCUT2D eigenvalue weighted by Crippen LogP contribution is 2.25. The lowest BCUT2D eigenvalue weighted by Gasteiger charge is -2.16. The average molecular weight is 211 g/mol. The second kappa shape index (κ2) is 3.63. The zero-order chi connectivity index (χ0) is 11.0. The second-order valence-corrected chi connectivity index (χ2v) is 4.18. The molecule has 0 spiro atoms. The second-order valence-electron chi connectivity index (χ2n) is 4.18. The van der Waals surface area contributed by atoms with Crippen LogP contribution in [-0.2, 0) is 4.79 Å². The van der Waals surface area contributed by atoms with Crippen molar-refractivity contribution in [1.29, 1.82) is 0 Å². The molecule has 2 nitrogen and oxygen atoms in total. The number of hydrogen-bond acceptors (Lipinski definition) is 1. The van der Waals surface area contributed by atoms with Crippen molar-refractivity contribution in [1.82, 2.24) is 0 Å². The van der Waals surface area contributed by atoms with Gasteiger partial charge >= 0.3 is 0 Å². The third kappa shape index (κ3) is 1.47. The van der Waals surface area contributed by atoms with Crippen LogP contribution < -0.4 is 4.90 Å². The van der Waals surface area contributed by atoms with E-state index in [1.54, 1.807) is 0 Å². The molecule has 1 saturated heterocycles. The highest BCUT2D eigenvalue weighted by atomic mass is 16.2. The summed E-state index contributed by atoms with van der Waals surface area (Å²) in [4.78, 5) is 13.5. The van der Waals surface area contributed by atoms with Gasteiger partial charge in [-0.05, 0) is 29.3 Å². The molecule has 2 aromatic carbocycles. The van der Waals surface area contributed by atoms with Crippen LogP contribution in [0.25, 0.3) is 10.8 Å². The third-order valence-corrected chi connectivity index (χ3v) is 3.12. The molecule has 3 rings (SSSR count). The predicted molar refractivity (Wildman–Crippen MR) is 65.5 cm³/mol. The minimum absolute atomic E-state index is 0.246. The van der Waals surface area contributed by atoms with E-state index in [0.717, 1.165) is 18.7 Å². The third-order valence-electron chi connectivity index (χ3n) is 3.12. The highest BCUT2D eigenvalue weighted by molar-refractivity contribution is 5.97. The quantitative estimate of drug-likeness (QED) is 0.710. The van der Waals surface area contributed by atoms with Crippen LogP contribution in [0.3, 0.4) is 0 Å². The van der Waals surface area contributed by atoms with Crippen molar-refractivity contribution >= 4 is 22.4 Å². The first-order chi connectivity index (χ1) is 7.84. The van der Waals surface area contributed by atoms with Crippen molar-refractivity contribution in [3.8, 4) is 0 Å². The molecule has 0 aliphatic carbocycles. The van der Waals surface area contributed by atoms with Gasteiger partial charge in [0.25, 0.3) is 0 Å². The number of benzene rings is 2. The van der Waals surface area contributed by atoms with Crippen molar-refractivity contribution < 1.29 is 4.79 Å². The standard InChI is InChI=1S/C14H13NO/c16-14-6-3-9-15(14)13-8-7-11-4-1-2-5-12(11)10-13/h1-2,4-5,7-8,10H,3,6,9H2. The van der Waals surface area contributed by atoms with Crippen LogP contribution in [0.1, 0.15) is 12.8 Å². The summed E-state index contributed by atoms with van der Waals surface area (Å²) in [7, 11) is 0. The lowest BCUT2D eigenvalue weighted by molar-refractivity contribution is -0.117. The normalized spacial score (nSPS) is 16.0. The summed E-state index contributed by atoms with van der Waals surface area (Å²) in [6, 6.07) is 14.4. The largest absolute Gasteiger partial charge is 0.312 e. The van der Waals surface area contributed by atoms with Crippen LogP contribution in [0, 0.1) is 0 Å². The Balaban J connectivity index is 2.08. The fourth-order valence-corrected chi connectivity index (χ4v) is 2.27. The van der Waals surface area contributed by atoms with Crippen LogP contribution >= 0.6 is 0 Å². The van der Waals surface area contributed by atoms with E-state index in [1.807, 2.05) is 23.1 Å². The topological polar surface area (TPSA) is 20.3 Å². The van der Waals surface area contributed by atoms with Crippen LogP contribution in [0.5, 0.6) is 0 Å². The van der Waals surface area contributed by atoms with Crippen molar-refractivity contribution in [2.24, 2.45) is 0 Å². The molecular weight excluding hydrogens is 198 g/mol. The molecule has 2 heteroatoms. The predicted octanol–water partition coefficient (Wildman–Crippen LogP) is 2.97. The van der Waals surface area contributed by atoms with E-state index in [-0.39, 0.29) is 5.91 Å². The zero-order valence-electron chi connectivity index (χ0n) is 9.02. The summed E-state index contributed by atoms with van der Waals surface area (Å²) in [5.74, 6) is 0.246. The van der Waals surface area contributed by atoms with Gasteiger partial charge in [0.05, 0.1) is 0 Å². The first-order valence-corrected chi connectivity index (χ1v) is 5.64. The summed E-state index contributed by atoms with van der Waals surface area (Å²) in [5.41, 5.74) is 1.03. The van der Waals surface area contributed by atoms with Gasteiger partial charge in [0.1, 0.15) is 0 Å².